The molecule has 0 unspecified atom stereocenters. The smallest absolute Gasteiger partial charge is 0.168 e. The van der Waals surface area contributed by atoms with E-state index in [0.29, 0.717) is 6.42 Å². The Bertz CT molecular complexity index is 575. The third-order valence-corrected chi connectivity index (χ3v) is 4.57. The highest BCUT2D eigenvalue weighted by molar-refractivity contribution is 9.11. The fourth-order valence-electron chi connectivity index (χ4n) is 2.21. The van der Waals surface area contributed by atoms with E-state index in [1.807, 2.05) is 11.4 Å². The van der Waals surface area contributed by atoms with Gasteiger partial charge in [-0.1, -0.05) is 17.7 Å². The SMILES string of the molecule is Cc1cc(C)c(CC(=O)c2csc(Br)c2)c(C)c1. The number of carbonyl (C=O) groups excluding carboxylic acids is 1. The van der Waals surface area contributed by atoms with E-state index in [2.05, 4.69) is 48.8 Å². The molecule has 3 heteroatoms. The average Bonchev–Trinajstić information content (AvgIpc) is 2.70. The zero-order chi connectivity index (χ0) is 13.3. The summed E-state index contributed by atoms with van der Waals surface area (Å²) in [6.45, 7) is 6.24. The lowest BCUT2D eigenvalue weighted by Crippen LogP contribution is -2.05. The van der Waals surface area contributed by atoms with Gasteiger partial charge in [0.25, 0.3) is 0 Å². The first kappa shape index (κ1) is 13.5. The standard InChI is InChI=1S/C15H15BrOS/c1-9-4-10(2)13(11(3)5-9)7-14(17)12-6-15(16)18-8-12/h4-6,8H,7H2,1-3H3. The first-order chi connectivity index (χ1) is 8.47. The zero-order valence-electron chi connectivity index (χ0n) is 10.7. The predicted octanol–water partition coefficient (Wildman–Crippen LogP) is 4.86. The van der Waals surface area contributed by atoms with Crippen molar-refractivity contribution in [2.45, 2.75) is 27.2 Å². The van der Waals surface area contributed by atoms with Crippen LogP contribution in [-0.4, -0.2) is 5.78 Å². The fourth-order valence-corrected chi connectivity index (χ4v) is 3.37. The number of hydrogen-bond acceptors (Lipinski definition) is 2. The Balaban J connectivity index is 2.27. The lowest BCUT2D eigenvalue weighted by Gasteiger charge is -2.10. The minimum absolute atomic E-state index is 0.187. The van der Waals surface area contributed by atoms with Crippen molar-refractivity contribution >= 4 is 33.0 Å². The number of thiophene rings is 1. The van der Waals surface area contributed by atoms with Gasteiger partial charge >= 0.3 is 0 Å². The van der Waals surface area contributed by atoms with Gasteiger partial charge in [-0.25, -0.2) is 0 Å². The van der Waals surface area contributed by atoms with Crippen molar-refractivity contribution in [2.24, 2.45) is 0 Å². The highest BCUT2D eigenvalue weighted by Crippen LogP contribution is 2.23. The van der Waals surface area contributed by atoms with Gasteiger partial charge in [-0.15, -0.1) is 11.3 Å². The lowest BCUT2D eigenvalue weighted by molar-refractivity contribution is 0.0993. The van der Waals surface area contributed by atoms with Crippen molar-refractivity contribution in [3.63, 3.8) is 0 Å². The van der Waals surface area contributed by atoms with Gasteiger partial charge in [0, 0.05) is 17.4 Å². The largest absolute Gasteiger partial charge is 0.294 e. The number of hydrogen-bond donors (Lipinski definition) is 0. The van der Waals surface area contributed by atoms with Gasteiger partial charge in [0.15, 0.2) is 5.78 Å². The molecule has 0 bridgehead atoms. The quantitative estimate of drug-likeness (QED) is 0.737. The summed E-state index contributed by atoms with van der Waals surface area (Å²) in [7, 11) is 0. The molecule has 18 heavy (non-hydrogen) atoms. The summed E-state index contributed by atoms with van der Waals surface area (Å²) in [6.07, 6.45) is 0.487. The summed E-state index contributed by atoms with van der Waals surface area (Å²) in [5.41, 5.74) is 5.61. The molecule has 1 aromatic carbocycles. The first-order valence-electron chi connectivity index (χ1n) is 5.81. The second-order valence-corrected chi connectivity index (χ2v) is 6.91. The molecule has 0 radical (unpaired) electrons. The monoisotopic (exact) mass is 322 g/mol. The Labute approximate surface area is 120 Å². The van der Waals surface area contributed by atoms with Crippen LogP contribution in [0.4, 0.5) is 0 Å². The van der Waals surface area contributed by atoms with E-state index < -0.39 is 0 Å². The number of rotatable bonds is 3. The summed E-state index contributed by atoms with van der Waals surface area (Å²) in [5.74, 6) is 0.187. The molecule has 1 aromatic heterocycles. The van der Waals surface area contributed by atoms with E-state index in [-0.39, 0.29) is 5.78 Å². The van der Waals surface area contributed by atoms with Crippen molar-refractivity contribution in [3.05, 3.63) is 55.2 Å². The molecule has 0 fully saturated rings. The maximum Gasteiger partial charge on any atom is 0.168 e. The Morgan fingerprint density at radius 2 is 1.78 bits per heavy atom. The lowest BCUT2D eigenvalue weighted by atomic mass is 9.94. The van der Waals surface area contributed by atoms with E-state index in [1.165, 1.54) is 16.7 Å². The molecule has 0 amide bonds. The highest BCUT2D eigenvalue weighted by atomic mass is 79.9. The fraction of sp³-hybridized carbons (Fsp3) is 0.267. The van der Waals surface area contributed by atoms with Crippen LogP contribution in [0.15, 0.2) is 27.4 Å². The van der Waals surface area contributed by atoms with Gasteiger partial charge in [-0.05, 0) is 59.5 Å². The highest BCUT2D eigenvalue weighted by Gasteiger charge is 2.12. The molecule has 1 nitrogen and oxygen atoms in total. The molecule has 0 aliphatic rings. The van der Waals surface area contributed by atoms with Crippen LogP contribution in [0.3, 0.4) is 0 Å². The summed E-state index contributed by atoms with van der Waals surface area (Å²) in [6, 6.07) is 6.17. The van der Waals surface area contributed by atoms with Crippen LogP contribution in [0.2, 0.25) is 0 Å². The van der Waals surface area contributed by atoms with Crippen LogP contribution in [0.1, 0.15) is 32.6 Å². The average molecular weight is 323 g/mol. The molecule has 0 spiro atoms. The molecule has 0 aliphatic heterocycles. The maximum absolute atomic E-state index is 12.2. The number of halogens is 1. The molecule has 2 aromatic rings. The molecule has 0 saturated heterocycles. The van der Waals surface area contributed by atoms with Crippen LogP contribution < -0.4 is 0 Å². The number of ketones is 1. The number of carbonyl (C=O) groups is 1. The van der Waals surface area contributed by atoms with Crippen LogP contribution in [0.5, 0.6) is 0 Å². The zero-order valence-corrected chi connectivity index (χ0v) is 13.1. The van der Waals surface area contributed by atoms with Crippen LogP contribution in [0, 0.1) is 20.8 Å². The van der Waals surface area contributed by atoms with E-state index >= 15 is 0 Å². The van der Waals surface area contributed by atoms with E-state index in [1.54, 1.807) is 11.3 Å². The van der Waals surface area contributed by atoms with Crippen LogP contribution in [0.25, 0.3) is 0 Å². The summed E-state index contributed by atoms with van der Waals surface area (Å²) in [5, 5.41) is 1.91. The third kappa shape index (κ3) is 2.90. The normalized spacial score (nSPS) is 10.7. The topological polar surface area (TPSA) is 17.1 Å². The van der Waals surface area contributed by atoms with Gasteiger partial charge in [-0.3, -0.25) is 4.79 Å². The summed E-state index contributed by atoms with van der Waals surface area (Å²) >= 11 is 4.94. The van der Waals surface area contributed by atoms with Gasteiger partial charge in [0.05, 0.1) is 3.79 Å². The minimum atomic E-state index is 0.187. The summed E-state index contributed by atoms with van der Waals surface area (Å²) in [4.78, 5) is 12.2. The molecule has 0 saturated carbocycles. The molecular formula is C15H15BrOS. The van der Waals surface area contributed by atoms with Crippen molar-refractivity contribution in [1.82, 2.24) is 0 Å². The van der Waals surface area contributed by atoms with E-state index in [4.69, 9.17) is 0 Å². The van der Waals surface area contributed by atoms with Crippen molar-refractivity contribution in [3.8, 4) is 0 Å². The van der Waals surface area contributed by atoms with Gasteiger partial charge < -0.3 is 0 Å². The summed E-state index contributed by atoms with van der Waals surface area (Å²) < 4.78 is 1.00. The van der Waals surface area contributed by atoms with Gasteiger partial charge in [-0.2, -0.15) is 0 Å². The Kier molecular flexibility index (Phi) is 4.03. The molecule has 0 atom stereocenters. The molecule has 1 heterocycles. The Morgan fingerprint density at radius 1 is 1.17 bits per heavy atom. The maximum atomic E-state index is 12.2. The molecule has 2 rings (SSSR count). The minimum Gasteiger partial charge on any atom is -0.294 e. The van der Waals surface area contributed by atoms with Crippen molar-refractivity contribution < 1.29 is 4.79 Å². The molecule has 0 aliphatic carbocycles. The Morgan fingerprint density at radius 3 is 2.28 bits per heavy atom. The number of Topliss-reactive ketones (excluding diaryl/α,β-unsaturated/α-hetero) is 1. The van der Waals surface area contributed by atoms with Crippen LogP contribution >= 0.6 is 27.3 Å². The van der Waals surface area contributed by atoms with Crippen LogP contribution in [-0.2, 0) is 6.42 Å². The van der Waals surface area contributed by atoms with Crippen molar-refractivity contribution in [2.75, 3.05) is 0 Å². The molecular weight excluding hydrogens is 308 g/mol. The molecule has 0 N–H and O–H groups in total. The number of benzene rings is 1. The van der Waals surface area contributed by atoms with E-state index in [9.17, 15) is 4.79 Å². The first-order valence-corrected chi connectivity index (χ1v) is 7.48. The van der Waals surface area contributed by atoms with E-state index in [0.717, 1.165) is 14.9 Å². The molecule has 94 valence electrons. The van der Waals surface area contributed by atoms with Gasteiger partial charge in [0.2, 0.25) is 0 Å². The van der Waals surface area contributed by atoms with Gasteiger partial charge in [0.1, 0.15) is 0 Å². The van der Waals surface area contributed by atoms with Crippen molar-refractivity contribution in [1.29, 1.82) is 0 Å². The third-order valence-electron chi connectivity index (χ3n) is 3.07. The second-order valence-electron chi connectivity index (χ2n) is 4.62. The second kappa shape index (κ2) is 5.37. The number of aryl methyl sites for hydroxylation is 3. The predicted molar refractivity (Wildman–Crippen MR) is 80.7 cm³/mol. The Hall–Kier alpha value is -0.930.